The molecule has 6 heteroatoms. The fourth-order valence-corrected chi connectivity index (χ4v) is 5.33. The van der Waals surface area contributed by atoms with Crippen LogP contribution in [0.5, 0.6) is 0 Å². The minimum absolute atomic E-state index is 0.0125. The number of fused-ring (bicyclic) bond motifs is 1. The van der Waals surface area contributed by atoms with E-state index in [4.69, 9.17) is 0 Å². The summed E-state index contributed by atoms with van der Waals surface area (Å²) in [6.07, 6.45) is 6.62. The standard InChI is InChI=1S/C17H18N2O2S2/c20-15(16-18-6-9-22-16)11-4-7-19(8-5-11)17(21)14-10-12-2-1-3-13(12)23-14/h6,9-11H,1-5,7-8H2. The summed E-state index contributed by atoms with van der Waals surface area (Å²) in [5.74, 6) is 0.297. The van der Waals surface area contributed by atoms with E-state index in [1.807, 2.05) is 10.3 Å². The van der Waals surface area contributed by atoms with Gasteiger partial charge in [-0.05, 0) is 43.7 Å². The first-order chi connectivity index (χ1) is 11.2. The first-order valence-corrected chi connectivity index (χ1v) is 9.76. The number of Topliss-reactive ketones (excluding diaryl/α,β-unsaturated/α-hetero) is 1. The van der Waals surface area contributed by atoms with Crippen molar-refractivity contribution in [1.29, 1.82) is 0 Å². The van der Waals surface area contributed by atoms with Crippen LogP contribution >= 0.6 is 22.7 Å². The Kier molecular flexibility index (Phi) is 4.03. The summed E-state index contributed by atoms with van der Waals surface area (Å²) in [5.41, 5.74) is 1.37. The molecule has 0 bridgehead atoms. The zero-order valence-electron chi connectivity index (χ0n) is 12.8. The van der Waals surface area contributed by atoms with Crippen LogP contribution < -0.4 is 0 Å². The first kappa shape index (κ1) is 15.0. The minimum Gasteiger partial charge on any atom is -0.338 e. The zero-order valence-corrected chi connectivity index (χ0v) is 14.4. The van der Waals surface area contributed by atoms with Crippen molar-refractivity contribution in [2.45, 2.75) is 32.1 Å². The molecule has 120 valence electrons. The minimum atomic E-state index is 0.0125. The molecule has 0 atom stereocenters. The lowest BCUT2D eigenvalue weighted by Gasteiger charge is -2.30. The third-order valence-electron chi connectivity index (χ3n) is 4.75. The number of carbonyl (C=O) groups is 2. The predicted octanol–water partition coefficient (Wildman–Crippen LogP) is 3.43. The van der Waals surface area contributed by atoms with Gasteiger partial charge in [0.15, 0.2) is 10.8 Å². The van der Waals surface area contributed by atoms with Crippen molar-refractivity contribution in [3.05, 3.63) is 38.0 Å². The number of hydrogen-bond donors (Lipinski definition) is 0. The van der Waals surface area contributed by atoms with E-state index in [0.717, 1.165) is 30.6 Å². The number of hydrogen-bond acceptors (Lipinski definition) is 5. The number of aromatic nitrogens is 1. The van der Waals surface area contributed by atoms with Crippen LogP contribution in [0, 0.1) is 5.92 Å². The number of rotatable bonds is 3. The lowest BCUT2D eigenvalue weighted by atomic mass is 9.92. The predicted molar refractivity (Wildman–Crippen MR) is 91.4 cm³/mol. The number of thiophene rings is 1. The Balaban J connectivity index is 1.39. The molecule has 4 rings (SSSR count). The highest BCUT2D eigenvalue weighted by atomic mass is 32.1. The SMILES string of the molecule is O=C(c1nccs1)C1CCN(C(=O)c2cc3c(s2)CCC3)CC1. The van der Waals surface area contributed by atoms with Crippen molar-refractivity contribution in [3.63, 3.8) is 0 Å². The molecule has 1 saturated heterocycles. The van der Waals surface area contributed by atoms with Crippen LogP contribution in [0.15, 0.2) is 17.6 Å². The Morgan fingerprint density at radius 2 is 2.04 bits per heavy atom. The number of thiazole rings is 1. The van der Waals surface area contributed by atoms with Crippen LogP contribution in [0.3, 0.4) is 0 Å². The number of nitrogens with zero attached hydrogens (tertiary/aromatic N) is 2. The van der Waals surface area contributed by atoms with Crippen molar-refractivity contribution in [1.82, 2.24) is 9.88 Å². The van der Waals surface area contributed by atoms with Gasteiger partial charge in [0.05, 0.1) is 4.88 Å². The van der Waals surface area contributed by atoms with Gasteiger partial charge in [0.25, 0.3) is 5.91 Å². The van der Waals surface area contributed by atoms with Gasteiger partial charge in [-0.15, -0.1) is 22.7 Å². The highest BCUT2D eigenvalue weighted by molar-refractivity contribution is 7.14. The number of ketones is 1. The van der Waals surface area contributed by atoms with Crippen molar-refractivity contribution in [3.8, 4) is 0 Å². The number of likely N-dealkylation sites (tertiary alicyclic amines) is 1. The molecule has 3 heterocycles. The van der Waals surface area contributed by atoms with Gasteiger partial charge >= 0.3 is 0 Å². The van der Waals surface area contributed by atoms with Gasteiger partial charge in [-0.25, -0.2) is 4.98 Å². The second-order valence-electron chi connectivity index (χ2n) is 6.18. The van der Waals surface area contributed by atoms with Gasteiger partial charge in [0.2, 0.25) is 0 Å². The topological polar surface area (TPSA) is 50.3 Å². The van der Waals surface area contributed by atoms with E-state index in [2.05, 4.69) is 11.1 Å². The van der Waals surface area contributed by atoms with Crippen LogP contribution in [0.25, 0.3) is 0 Å². The summed E-state index contributed by atoms with van der Waals surface area (Å²) in [5, 5.41) is 2.44. The van der Waals surface area contributed by atoms with E-state index < -0.39 is 0 Å². The van der Waals surface area contributed by atoms with E-state index in [1.165, 1.54) is 28.2 Å². The molecule has 0 N–H and O–H groups in total. The summed E-state index contributed by atoms with van der Waals surface area (Å²) >= 11 is 3.06. The molecular formula is C17H18N2O2S2. The molecule has 0 aromatic carbocycles. The molecular weight excluding hydrogens is 328 g/mol. The molecule has 0 spiro atoms. The van der Waals surface area contributed by atoms with Crippen molar-refractivity contribution in [2.24, 2.45) is 5.92 Å². The van der Waals surface area contributed by atoms with Gasteiger partial charge in [0, 0.05) is 35.5 Å². The van der Waals surface area contributed by atoms with Gasteiger partial charge in [-0.3, -0.25) is 9.59 Å². The normalized spacial score (nSPS) is 18.2. The number of carbonyl (C=O) groups excluding carboxylic acids is 2. The molecule has 23 heavy (non-hydrogen) atoms. The average molecular weight is 346 g/mol. The molecule has 0 radical (unpaired) electrons. The molecule has 1 aliphatic carbocycles. The maximum Gasteiger partial charge on any atom is 0.263 e. The van der Waals surface area contributed by atoms with Gasteiger partial charge < -0.3 is 4.90 Å². The van der Waals surface area contributed by atoms with E-state index >= 15 is 0 Å². The third kappa shape index (κ3) is 2.85. The fraction of sp³-hybridized carbons (Fsp3) is 0.471. The Hall–Kier alpha value is -1.53. The number of amides is 1. The van der Waals surface area contributed by atoms with E-state index in [9.17, 15) is 9.59 Å². The van der Waals surface area contributed by atoms with Crippen molar-refractivity contribution >= 4 is 34.4 Å². The molecule has 0 saturated carbocycles. The molecule has 1 aliphatic heterocycles. The first-order valence-electron chi connectivity index (χ1n) is 8.07. The zero-order chi connectivity index (χ0) is 15.8. The second kappa shape index (κ2) is 6.17. The van der Waals surface area contributed by atoms with Crippen LogP contribution in [0.4, 0.5) is 0 Å². The van der Waals surface area contributed by atoms with E-state index in [0.29, 0.717) is 18.1 Å². The van der Waals surface area contributed by atoms with Gasteiger partial charge in [-0.1, -0.05) is 0 Å². The third-order valence-corrected chi connectivity index (χ3v) is 6.77. The highest BCUT2D eigenvalue weighted by Gasteiger charge is 2.30. The smallest absolute Gasteiger partial charge is 0.263 e. The summed E-state index contributed by atoms with van der Waals surface area (Å²) in [6.45, 7) is 1.34. The summed E-state index contributed by atoms with van der Waals surface area (Å²) in [4.78, 5) is 33.3. The largest absolute Gasteiger partial charge is 0.338 e. The Morgan fingerprint density at radius 3 is 2.74 bits per heavy atom. The maximum absolute atomic E-state index is 12.7. The van der Waals surface area contributed by atoms with Crippen molar-refractivity contribution < 1.29 is 9.59 Å². The summed E-state index contributed by atoms with van der Waals surface area (Å²) < 4.78 is 0. The Labute approximate surface area is 143 Å². The Bertz CT molecular complexity index is 706. The molecule has 2 aromatic heterocycles. The van der Waals surface area contributed by atoms with Crippen LogP contribution in [0.1, 0.15) is 49.2 Å². The monoisotopic (exact) mass is 346 g/mol. The molecule has 4 nitrogen and oxygen atoms in total. The number of aryl methyl sites for hydroxylation is 2. The fourth-order valence-electron chi connectivity index (χ4n) is 3.45. The van der Waals surface area contributed by atoms with Crippen LogP contribution in [-0.2, 0) is 12.8 Å². The molecule has 2 aliphatic rings. The van der Waals surface area contributed by atoms with E-state index in [1.54, 1.807) is 17.5 Å². The highest BCUT2D eigenvalue weighted by Crippen LogP contribution is 2.32. The van der Waals surface area contributed by atoms with Gasteiger partial charge in [0.1, 0.15) is 0 Å². The van der Waals surface area contributed by atoms with E-state index in [-0.39, 0.29) is 17.6 Å². The number of piperidine rings is 1. The summed E-state index contributed by atoms with van der Waals surface area (Å²) in [7, 11) is 0. The lowest BCUT2D eigenvalue weighted by molar-refractivity contribution is 0.0654. The summed E-state index contributed by atoms with van der Waals surface area (Å²) in [6, 6.07) is 2.09. The quantitative estimate of drug-likeness (QED) is 0.800. The lowest BCUT2D eigenvalue weighted by Crippen LogP contribution is -2.40. The molecule has 2 aromatic rings. The second-order valence-corrected chi connectivity index (χ2v) is 8.21. The van der Waals surface area contributed by atoms with Crippen LogP contribution in [0.2, 0.25) is 0 Å². The van der Waals surface area contributed by atoms with Gasteiger partial charge in [-0.2, -0.15) is 0 Å². The van der Waals surface area contributed by atoms with Crippen molar-refractivity contribution in [2.75, 3.05) is 13.1 Å². The maximum atomic E-state index is 12.7. The average Bonchev–Trinajstić information content (AvgIpc) is 3.29. The molecule has 1 fully saturated rings. The molecule has 0 unspecified atom stereocenters. The van der Waals surface area contributed by atoms with Crippen LogP contribution in [-0.4, -0.2) is 34.7 Å². The Morgan fingerprint density at radius 1 is 1.22 bits per heavy atom. The molecule has 1 amide bonds.